The summed E-state index contributed by atoms with van der Waals surface area (Å²) < 4.78 is 13.5. The number of hydrogen-bond donors (Lipinski definition) is 1. The summed E-state index contributed by atoms with van der Waals surface area (Å²) in [6, 6.07) is 25.3. The number of aromatic nitrogens is 4. The maximum absolute atomic E-state index is 12.7. The second kappa shape index (κ2) is 10.1. The lowest BCUT2D eigenvalue weighted by Crippen LogP contribution is -2.11. The molecule has 0 unspecified atom stereocenters. The van der Waals surface area contributed by atoms with Gasteiger partial charge in [-0.25, -0.2) is 15.0 Å². The van der Waals surface area contributed by atoms with Gasteiger partial charge in [-0.05, 0) is 74.5 Å². The van der Waals surface area contributed by atoms with E-state index in [1.807, 2.05) is 48.7 Å². The number of rotatable bonds is 7. The van der Waals surface area contributed by atoms with Gasteiger partial charge in [0.2, 0.25) is 5.88 Å². The fraction of sp³-hybridized carbons (Fsp3) is 0.0714. The van der Waals surface area contributed by atoms with Crippen molar-refractivity contribution in [2.75, 3.05) is 5.32 Å². The Morgan fingerprint density at radius 3 is 2.14 bits per heavy atom. The first-order chi connectivity index (χ1) is 17.5. The number of nitrogens with zero attached hydrogens (tertiary/aromatic N) is 4. The second-order valence-corrected chi connectivity index (χ2v) is 8.02. The van der Waals surface area contributed by atoms with Crippen molar-refractivity contribution >= 4 is 11.6 Å². The first kappa shape index (κ1) is 22.8. The Labute approximate surface area is 208 Å². The molecule has 5 aromatic rings. The Kier molecular flexibility index (Phi) is 6.40. The van der Waals surface area contributed by atoms with E-state index in [1.54, 1.807) is 60.9 Å². The minimum absolute atomic E-state index is 0.221. The SMILES string of the molecule is Cc1ncn(-c2cc(Oc3ccc(NC(=O)c4ccc(Oc5ccccc5)cc4)cc3)ncn2)c1C. The summed E-state index contributed by atoms with van der Waals surface area (Å²) in [5.41, 5.74) is 3.10. The van der Waals surface area contributed by atoms with Crippen molar-refractivity contribution in [2.24, 2.45) is 0 Å². The van der Waals surface area contributed by atoms with Crippen LogP contribution < -0.4 is 14.8 Å². The maximum Gasteiger partial charge on any atom is 0.255 e. The lowest BCUT2D eigenvalue weighted by molar-refractivity contribution is 0.102. The summed E-state index contributed by atoms with van der Waals surface area (Å²) in [7, 11) is 0. The molecule has 0 atom stereocenters. The molecule has 5 rings (SSSR count). The number of hydrogen-bond acceptors (Lipinski definition) is 6. The van der Waals surface area contributed by atoms with Crippen molar-refractivity contribution in [3.05, 3.63) is 115 Å². The van der Waals surface area contributed by atoms with Crippen molar-refractivity contribution in [3.8, 4) is 28.9 Å². The molecule has 0 aliphatic heterocycles. The summed E-state index contributed by atoms with van der Waals surface area (Å²) in [6.45, 7) is 3.92. The number of carbonyl (C=O) groups is 1. The largest absolute Gasteiger partial charge is 0.457 e. The number of anilines is 1. The standard InChI is InChI=1S/C28H23N5O3/c1-19-20(2)33(18-31-19)26-16-27(30-17-29-26)36-25-14-10-22(11-15-25)32-28(34)21-8-12-24(13-9-21)35-23-6-4-3-5-7-23/h3-18H,1-2H3,(H,32,34). The number of ether oxygens (including phenoxy) is 2. The molecule has 2 heterocycles. The molecule has 1 amide bonds. The molecule has 3 aromatic carbocycles. The highest BCUT2D eigenvalue weighted by molar-refractivity contribution is 6.04. The number of carbonyl (C=O) groups excluding carboxylic acids is 1. The molecule has 178 valence electrons. The van der Waals surface area contributed by atoms with E-state index in [0.29, 0.717) is 34.4 Å². The molecule has 2 aromatic heterocycles. The molecular weight excluding hydrogens is 454 g/mol. The van der Waals surface area contributed by atoms with Crippen LogP contribution in [-0.4, -0.2) is 25.4 Å². The van der Waals surface area contributed by atoms with Gasteiger partial charge in [-0.1, -0.05) is 18.2 Å². The summed E-state index contributed by atoms with van der Waals surface area (Å²) in [6.07, 6.45) is 3.17. The molecule has 0 aliphatic carbocycles. The zero-order valence-corrected chi connectivity index (χ0v) is 19.8. The fourth-order valence-corrected chi connectivity index (χ4v) is 3.48. The van der Waals surface area contributed by atoms with E-state index < -0.39 is 0 Å². The van der Waals surface area contributed by atoms with Crippen LogP contribution in [0.1, 0.15) is 21.7 Å². The van der Waals surface area contributed by atoms with E-state index in [-0.39, 0.29) is 5.91 Å². The summed E-state index contributed by atoms with van der Waals surface area (Å²) in [5.74, 6) is 2.83. The predicted molar refractivity (Wildman–Crippen MR) is 136 cm³/mol. The molecular formula is C28H23N5O3. The number of aryl methyl sites for hydroxylation is 1. The Morgan fingerprint density at radius 2 is 1.44 bits per heavy atom. The van der Waals surface area contributed by atoms with Gasteiger partial charge in [0.05, 0.1) is 5.69 Å². The second-order valence-electron chi connectivity index (χ2n) is 8.02. The topological polar surface area (TPSA) is 91.2 Å². The Morgan fingerprint density at radius 1 is 0.778 bits per heavy atom. The molecule has 0 saturated carbocycles. The van der Waals surface area contributed by atoms with Gasteiger partial charge >= 0.3 is 0 Å². The highest BCUT2D eigenvalue weighted by Crippen LogP contribution is 2.24. The lowest BCUT2D eigenvalue weighted by Gasteiger charge is -2.10. The number of nitrogens with one attached hydrogen (secondary N) is 1. The van der Waals surface area contributed by atoms with Crippen LogP contribution in [0.3, 0.4) is 0 Å². The van der Waals surface area contributed by atoms with E-state index >= 15 is 0 Å². The van der Waals surface area contributed by atoms with E-state index in [9.17, 15) is 4.79 Å². The molecule has 8 heteroatoms. The van der Waals surface area contributed by atoms with Gasteiger partial charge in [-0.3, -0.25) is 9.36 Å². The molecule has 36 heavy (non-hydrogen) atoms. The van der Waals surface area contributed by atoms with Crippen molar-refractivity contribution in [2.45, 2.75) is 13.8 Å². The van der Waals surface area contributed by atoms with Crippen LogP contribution in [0.4, 0.5) is 5.69 Å². The van der Waals surface area contributed by atoms with Gasteiger partial charge in [0.1, 0.15) is 35.7 Å². The van der Waals surface area contributed by atoms with Crippen LogP contribution in [0.25, 0.3) is 5.82 Å². The lowest BCUT2D eigenvalue weighted by atomic mass is 10.2. The minimum atomic E-state index is -0.221. The molecule has 0 aliphatic rings. The normalized spacial score (nSPS) is 10.6. The highest BCUT2D eigenvalue weighted by Gasteiger charge is 2.10. The van der Waals surface area contributed by atoms with Crippen LogP contribution in [-0.2, 0) is 0 Å². The third-order valence-electron chi connectivity index (χ3n) is 5.56. The van der Waals surface area contributed by atoms with Crippen LogP contribution in [0.2, 0.25) is 0 Å². The molecule has 0 bridgehead atoms. The monoisotopic (exact) mass is 477 g/mol. The molecule has 8 nitrogen and oxygen atoms in total. The van der Waals surface area contributed by atoms with Gasteiger partial charge in [0, 0.05) is 23.0 Å². The van der Waals surface area contributed by atoms with Crippen molar-refractivity contribution in [1.82, 2.24) is 19.5 Å². The van der Waals surface area contributed by atoms with Crippen LogP contribution in [0, 0.1) is 13.8 Å². The third kappa shape index (κ3) is 5.23. The Bertz CT molecular complexity index is 1480. The number of imidazole rings is 1. The van der Waals surface area contributed by atoms with Crippen molar-refractivity contribution < 1.29 is 14.3 Å². The number of para-hydroxylation sites is 1. The summed E-state index contributed by atoms with van der Waals surface area (Å²) in [5, 5.41) is 2.89. The molecule has 0 radical (unpaired) electrons. The minimum Gasteiger partial charge on any atom is -0.457 e. The van der Waals surface area contributed by atoms with Crippen molar-refractivity contribution in [1.29, 1.82) is 0 Å². The van der Waals surface area contributed by atoms with Crippen LogP contribution in [0.5, 0.6) is 23.1 Å². The van der Waals surface area contributed by atoms with Gasteiger partial charge < -0.3 is 14.8 Å². The average Bonchev–Trinajstić information content (AvgIpc) is 3.24. The van der Waals surface area contributed by atoms with E-state index in [1.165, 1.54) is 6.33 Å². The molecule has 0 fully saturated rings. The Balaban J connectivity index is 1.21. The van der Waals surface area contributed by atoms with Gasteiger partial charge in [0.15, 0.2) is 0 Å². The van der Waals surface area contributed by atoms with Crippen LogP contribution in [0.15, 0.2) is 97.6 Å². The maximum atomic E-state index is 12.7. The molecule has 0 spiro atoms. The zero-order chi connectivity index (χ0) is 24.9. The fourth-order valence-electron chi connectivity index (χ4n) is 3.48. The molecule has 0 saturated heterocycles. The first-order valence-corrected chi connectivity index (χ1v) is 11.3. The van der Waals surface area contributed by atoms with E-state index in [0.717, 1.165) is 17.1 Å². The van der Waals surface area contributed by atoms with Gasteiger partial charge in [0.25, 0.3) is 5.91 Å². The molecule has 1 N–H and O–H groups in total. The van der Waals surface area contributed by atoms with Crippen molar-refractivity contribution in [3.63, 3.8) is 0 Å². The summed E-state index contributed by atoms with van der Waals surface area (Å²) in [4.78, 5) is 25.5. The van der Waals surface area contributed by atoms with Gasteiger partial charge in [-0.15, -0.1) is 0 Å². The third-order valence-corrected chi connectivity index (χ3v) is 5.56. The van der Waals surface area contributed by atoms with E-state index in [4.69, 9.17) is 9.47 Å². The predicted octanol–water partition coefficient (Wildman–Crippen LogP) is 6.12. The average molecular weight is 478 g/mol. The quantitative estimate of drug-likeness (QED) is 0.304. The summed E-state index contributed by atoms with van der Waals surface area (Å²) >= 11 is 0. The van der Waals surface area contributed by atoms with Crippen LogP contribution >= 0.6 is 0 Å². The number of benzene rings is 3. The van der Waals surface area contributed by atoms with Gasteiger partial charge in [-0.2, -0.15) is 0 Å². The Hall–Kier alpha value is -4.98. The zero-order valence-electron chi connectivity index (χ0n) is 19.8. The first-order valence-electron chi connectivity index (χ1n) is 11.3. The smallest absolute Gasteiger partial charge is 0.255 e. The van der Waals surface area contributed by atoms with E-state index in [2.05, 4.69) is 20.3 Å². The highest BCUT2D eigenvalue weighted by atomic mass is 16.5. The number of amides is 1.